The number of aromatic amines is 1. The average Bonchev–Trinajstić information content (AvgIpc) is 2.43. The van der Waals surface area contributed by atoms with E-state index in [1.165, 1.54) is 6.21 Å². The van der Waals surface area contributed by atoms with Gasteiger partial charge in [0.15, 0.2) is 0 Å². The summed E-state index contributed by atoms with van der Waals surface area (Å²) < 4.78 is 0. The molecule has 52 valence electrons. The van der Waals surface area contributed by atoms with Gasteiger partial charge in [0.2, 0.25) is 0 Å². The fraction of sp³-hybridized carbons (Fsp3) is 0.143. The first-order chi connectivity index (χ1) is 4.88. The van der Waals surface area contributed by atoms with E-state index in [4.69, 9.17) is 5.41 Å². The van der Waals surface area contributed by atoms with Crippen LogP contribution in [-0.4, -0.2) is 16.4 Å². The van der Waals surface area contributed by atoms with Gasteiger partial charge in [-0.1, -0.05) is 6.08 Å². The smallest absolute Gasteiger partial charge is 0.0662 e. The second kappa shape index (κ2) is 2.96. The van der Waals surface area contributed by atoms with E-state index in [0.29, 0.717) is 0 Å². The highest BCUT2D eigenvalue weighted by Crippen LogP contribution is 2.05. The van der Waals surface area contributed by atoms with Crippen LogP contribution < -0.4 is 0 Å². The molecule has 0 spiro atoms. The molecule has 0 aliphatic rings. The third-order valence-electron chi connectivity index (χ3n) is 1.28. The fourth-order valence-corrected chi connectivity index (χ4v) is 0.733. The molecule has 0 unspecified atom stereocenters. The number of allylic oxidation sites excluding steroid dienone is 2. The van der Waals surface area contributed by atoms with Crippen molar-refractivity contribution in [2.24, 2.45) is 0 Å². The normalized spacial score (nSPS) is 11.5. The SMILES string of the molecule is CC=C(C=N)c1ccn[nH]1. The Bertz CT molecular complexity index is 233. The summed E-state index contributed by atoms with van der Waals surface area (Å²) in [6, 6.07) is 1.83. The molecule has 0 amide bonds. The zero-order valence-electron chi connectivity index (χ0n) is 5.76. The topological polar surface area (TPSA) is 52.5 Å². The number of hydrogen-bond acceptors (Lipinski definition) is 2. The molecule has 0 fully saturated rings. The van der Waals surface area contributed by atoms with Gasteiger partial charge in [0.05, 0.1) is 5.69 Å². The van der Waals surface area contributed by atoms with Crippen molar-refractivity contribution in [1.82, 2.24) is 10.2 Å². The van der Waals surface area contributed by atoms with Crippen LogP contribution in [0.1, 0.15) is 12.6 Å². The first-order valence-corrected chi connectivity index (χ1v) is 3.05. The van der Waals surface area contributed by atoms with Crippen molar-refractivity contribution in [1.29, 1.82) is 5.41 Å². The predicted octanol–water partition coefficient (Wildman–Crippen LogP) is 1.46. The first kappa shape index (κ1) is 6.74. The number of H-pyrrole nitrogens is 1. The molecule has 0 aliphatic carbocycles. The molecule has 0 atom stereocenters. The lowest BCUT2D eigenvalue weighted by Crippen LogP contribution is -1.83. The van der Waals surface area contributed by atoms with Crippen molar-refractivity contribution >= 4 is 11.8 Å². The monoisotopic (exact) mass is 135 g/mol. The maximum Gasteiger partial charge on any atom is 0.0662 e. The number of nitrogens with zero attached hydrogens (tertiary/aromatic N) is 1. The summed E-state index contributed by atoms with van der Waals surface area (Å²) in [4.78, 5) is 0. The summed E-state index contributed by atoms with van der Waals surface area (Å²) in [6.45, 7) is 1.89. The summed E-state index contributed by atoms with van der Waals surface area (Å²) >= 11 is 0. The highest BCUT2D eigenvalue weighted by atomic mass is 15.1. The highest BCUT2D eigenvalue weighted by molar-refractivity contribution is 6.07. The van der Waals surface area contributed by atoms with E-state index in [2.05, 4.69) is 10.2 Å². The third kappa shape index (κ3) is 1.13. The first-order valence-electron chi connectivity index (χ1n) is 3.05. The Morgan fingerprint density at radius 3 is 3.00 bits per heavy atom. The second-order valence-electron chi connectivity index (χ2n) is 1.86. The Kier molecular flexibility index (Phi) is 1.99. The number of hydrogen-bond donors (Lipinski definition) is 2. The van der Waals surface area contributed by atoms with Crippen molar-refractivity contribution in [3.05, 3.63) is 24.0 Å². The van der Waals surface area contributed by atoms with E-state index < -0.39 is 0 Å². The minimum atomic E-state index is 0.859. The van der Waals surface area contributed by atoms with Crippen molar-refractivity contribution in [3.63, 3.8) is 0 Å². The lowest BCUT2D eigenvalue weighted by atomic mass is 10.2. The Hall–Kier alpha value is -1.38. The van der Waals surface area contributed by atoms with Crippen molar-refractivity contribution < 1.29 is 0 Å². The van der Waals surface area contributed by atoms with E-state index in [-0.39, 0.29) is 0 Å². The van der Waals surface area contributed by atoms with Gasteiger partial charge in [-0.3, -0.25) is 5.10 Å². The molecule has 3 heteroatoms. The van der Waals surface area contributed by atoms with E-state index >= 15 is 0 Å². The molecule has 0 radical (unpaired) electrons. The molecular formula is C7H9N3. The molecule has 0 saturated heterocycles. The van der Waals surface area contributed by atoms with Crippen molar-refractivity contribution in [3.8, 4) is 0 Å². The summed E-state index contributed by atoms with van der Waals surface area (Å²) in [5.74, 6) is 0. The van der Waals surface area contributed by atoms with Gasteiger partial charge in [0.1, 0.15) is 0 Å². The van der Waals surface area contributed by atoms with Crippen LogP contribution in [0, 0.1) is 5.41 Å². The Morgan fingerprint density at radius 1 is 1.80 bits per heavy atom. The van der Waals surface area contributed by atoms with Crippen LogP contribution in [0.3, 0.4) is 0 Å². The van der Waals surface area contributed by atoms with Crippen LogP contribution in [0.4, 0.5) is 0 Å². The Morgan fingerprint density at radius 2 is 2.60 bits per heavy atom. The zero-order chi connectivity index (χ0) is 7.40. The van der Waals surface area contributed by atoms with E-state index in [9.17, 15) is 0 Å². The Balaban J connectivity index is 2.95. The van der Waals surface area contributed by atoms with Crippen molar-refractivity contribution in [2.45, 2.75) is 6.92 Å². The summed E-state index contributed by atoms with van der Waals surface area (Å²) in [5.41, 5.74) is 1.75. The van der Waals surface area contributed by atoms with Crippen LogP contribution >= 0.6 is 0 Å². The molecule has 1 aromatic rings. The van der Waals surface area contributed by atoms with E-state index in [1.54, 1.807) is 6.20 Å². The molecule has 1 rings (SSSR count). The minimum Gasteiger partial charge on any atom is -0.308 e. The van der Waals surface area contributed by atoms with Gasteiger partial charge in [-0.2, -0.15) is 5.10 Å². The molecule has 10 heavy (non-hydrogen) atoms. The fourth-order valence-electron chi connectivity index (χ4n) is 0.733. The number of rotatable bonds is 2. The standard InChI is InChI=1S/C7H9N3/c1-2-6(5-8)7-3-4-9-10-7/h2-5,8H,1H3,(H,9,10). The van der Waals surface area contributed by atoms with Crippen LogP contribution in [-0.2, 0) is 0 Å². The summed E-state index contributed by atoms with van der Waals surface area (Å²) in [6.07, 6.45) is 4.83. The summed E-state index contributed by atoms with van der Waals surface area (Å²) in [7, 11) is 0. The number of nitrogens with one attached hydrogen (secondary N) is 2. The van der Waals surface area contributed by atoms with Gasteiger partial charge in [0, 0.05) is 18.0 Å². The van der Waals surface area contributed by atoms with Gasteiger partial charge in [-0.25, -0.2) is 0 Å². The molecular weight excluding hydrogens is 126 g/mol. The molecule has 2 N–H and O–H groups in total. The van der Waals surface area contributed by atoms with Gasteiger partial charge >= 0.3 is 0 Å². The summed E-state index contributed by atoms with van der Waals surface area (Å²) in [5, 5.41) is 13.5. The lowest BCUT2D eigenvalue weighted by Gasteiger charge is -1.91. The minimum absolute atomic E-state index is 0.859. The highest BCUT2D eigenvalue weighted by Gasteiger charge is 1.95. The third-order valence-corrected chi connectivity index (χ3v) is 1.28. The Labute approximate surface area is 59.3 Å². The van der Waals surface area contributed by atoms with Crippen LogP contribution in [0.25, 0.3) is 5.57 Å². The molecule has 1 aromatic heterocycles. The quantitative estimate of drug-likeness (QED) is 0.592. The lowest BCUT2D eigenvalue weighted by molar-refractivity contribution is 1.08. The van der Waals surface area contributed by atoms with E-state index in [1.807, 2.05) is 19.1 Å². The maximum absolute atomic E-state index is 7.00. The van der Waals surface area contributed by atoms with Gasteiger partial charge in [-0.05, 0) is 13.0 Å². The number of aromatic nitrogens is 2. The van der Waals surface area contributed by atoms with Crippen LogP contribution in [0.2, 0.25) is 0 Å². The molecule has 0 aliphatic heterocycles. The van der Waals surface area contributed by atoms with Gasteiger partial charge < -0.3 is 5.41 Å². The van der Waals surface area contributed by atoms with Crippen molar-refractivity contribution in [2.75, 3.05) is 0 Å². The molecule has 0 aromatic carbocycles. The zero-order valence-corrected chi connectivity index (χ0v) is 5.76. The average molecular weight is 135 g/mol. The molecule has 3 nitrogen and oxygen atoms in total. The molecule has 1 heterocycles. The second-order valence-corrected chi connectivity index (χ2v) is 1.86. The molecule has 0 bridgehead atoms. The van der Waals surface area contributed by atoms with Crippen LogP contribution in [0.15, 0.2) is 18.3 Å². The van der Waals surface area contributed by atoms with Crippen LogP contribution in [0.5, 0.6) is 0 Å². The van der Waals surface area contributed by atoms with Gasteiger partial charge in [-0.15, -0.1) is 0 Å². The van der Waals surface area contributed by atoms with E-state index in [0.717, 1.165) is 11.3 Å². The largest absolute Gasteiger partial charge is 0.308 e. The van der Waals surface area contributed by atoms with Gasteiger partial charge in [0.25, 0.3) is 0 Å². The molecule has 0 saturated carbocycles. The maximum atomic E-state index is 7.00. The predicted molar refractivity (Wildman–Crippen MR) is 41.0 cm³/mol.